The minimum Gasteiger partial charge on any atom is -0.496 e. The van der Waals surface area contributed by atoms with E-state index in [4.69, 9.17) is 9.47 Å². The van der Waals surface area contributed by atoms with E-state index in [1.54, 1.807) is 19.5 Å². The van der Waals surface area contributed by atoms with Gasteiger partial charge in [-0.1, -0.05) is 459 Å². The Kier molecular flexibility index (Phi) is 23.6. The van der Waals surface area contributed by atoms with E-state index < -0.39 is 12.5 Å². The van der Waals surface area contributed by atoms with E-state index >= 15 is 0 Å². The fraction of sp³-hybridized carbons (Fsp3) is 0.136. The first-order valence-corrected chi connectivity index (χ1v) is 48.2. The highest BCUT2D eigenvalue weighted by Crippen LogP contribution is 2.64. The first kappa shape index (κ1) is 83.9. The van der Waals surface area contributed by atoms with E-state index in [-0.39, 0.29) is 13.3 Å². The van der Waals surface area contributed by atoms with Gasteiger partial charge in [0.05, 0.1) is 30.6 Å². The minimum absolute atomic E-state index is 0.182. The summed E-state index contributed by atoms with van der Waals surface area (Å²) in [6.45, 7) is 2.26. The van der Waals surface area contributed by atoms with Crippen LogP contribution >= 0.6 is 7.92 Å². The lowest BCUT2D eigenvalue weighted by Gasteiger charge is -2.39. The van der Waals surface area contributed by atoms with Gasteiger partial charge in [0, 0.05) is 0 Å². The molecule has 20 aromatic rings. The number of fused-ring (bicyclic) bond motifs is 14. The van der Waals surface area contributed by atoms with Gasteiger partial charge < -0.3 is 19.5 Å². The summed E-state index contributed by atoms with van der Waals surface area (Å²) < 4.78 is 11.6. The van der Waals surface area contributed by atoms with Crippen molar-refractivity contribution in [2.24, 2.45) is 0 Å². The Balaban J connectivity index is 0.000000110. The number of rotatable bonds is 14. The van der Waals surface area contributed by atoms with E-state index in [1.807, 2.05) is 72.8 Å². The molecule has 0 bridgehead atoms. The van der Waals surface area contributed by atoms with E-state index in [1.165, 1.54) is 207 Å². The van der Waals surface area contributed by atoms with Gasteiger partial charge in [-0.2, -0.15) is 0 Å². The van der Waals surface area contributed by atoms with Gasteiger partial charge in [0.1, 0.15) is 11.5 Å². The summed E-state index contributed by atoms with van der Waals surface area (Å²) in [5.74, 6) is 1.83. The summed E-state index contributed by atoms with van der Waals surface area (Å²) >= 11 is 0. The van der Waals surface area contributed by atoms with Crippen LogP contribution in [0.1, 0.15) is 114 Å². The van der Waals surface area contributed by atoms with Crippen molar-refractivity contribution >= 4 is 90.4 Å². The van der Waals surface area contributed by atoms with E-state index in [0.29, 0.717) is 5.46 Å². The molecule has 4 aliphatic rings. The third-order valence-corrected chi connectivity index (χ3v) is 32.0. The molecule has 0 amide bonds. The van der Waals surface area contributed by atoms with Gasteiger partial charge in [-0.15, -0.1) is 0 Å². The number of hydrogen-bond acceptors (Lipinski definition) is 4. The summed E-state index contributed by atoms with van der Waals surface area (Å²) in [6.07, 6.45) is 14.2. The Labute approximate surface area is 771 Å². The van der Waals surface area contributed by atoms with Gasteiger partial charge in [-0.25, -0.2) is 0 Å². The fourth-order valence-corrected chi connectivity index (χ4v) is 27.1. The number of benzene rings is 20. The molecule has 24 rings (SSSR count). The van der Waals surface area contributed by atoms with E-state index in [2.05, 4.69) is 365 Å². The number of aryl methyl sites for hydroxylation is 1. The van der Waals surface area contributed by atoms with Crippen LogP contribution in [0.25, 0.3) is 131 Å². The molecule has 636 valence electrons. The van der Waals surface area contributed by atoms with Crippen molar-refractivity contribution in [3.8, 4) is 78.3 Å². The standard InChI is InChI=1S/C49H32.C30H22.C26H35O2P.C20H15BO2/c1-4-18-33(19-5-1)45-38-26-12-14-28-40(38)46(41-29-15-13-27-39(41)45)43-32-34-20-10-11-25-37(34)48-47(43)42-30-16-17-31-44(42)49(48,35-21-6-2-7-22-35)36-23-8-3-9-24-36;1-21-20-22-12-8-9-17-25(22)29-28(21)26-18-10-11-19-27(26)30(29,23-13-4-2-5-14-23)24-15-6-3-7-16-24;1-27-23-17-11-18-24(28-2)26(23)22-16-9-10-19-25(22)29(20-12-5-3-6-13-20)21-14-7-4-8-15-21;22-21(23)20-17-12-6-4-10-15(17)19(14-8-2-1-3-9-14)16-11-5-7-13-18(16)20/h1-32H;2-20H,1H3;9-11,16-21H,3-8,12-15H2,1-2H3;1-13,22-23H. The Morgan fingerprint density at radius 3 is 0.985 bits per heavy atom. The molecule has 0 radical (unpaired) electrons. The Morgan fingerprint density at radius 2 is 0.580 bits per heavy atom. The average Bonchev–Trinajstić information content (AvgIpc) is 1.53. The molecule has 4 aliphatic carbocycles. The fourth-order valence-electron chi connectivity index (χ4n) is 23.2. The number of ether oxygens (including phenoxy) is 2. The van der Waals surface area contributed by atoms with Crippen LogP contribution in [-0.4, -0.2) is 42.7 Å². The van der Waals surface area contributed by atoms with Gasteiger partial charge in [0.2, 0.25) is 0 Å². The van der Waals surface area contributed by atoms with Crippen LogP contribution in [0.2, 0.25) is 0 Å². The molecule has 4 nitrogen and oxygen atoms in total. The van der Waals surface area contributed by atoms with Crippen LogP contribution in [0.4, 0.5) is 0 Å². The van der Waals surface area contributed by atoms with Crippen molar-refractivity contribution < 1.29 is 19.5 Å². The third-order valence-electron chi connectivity index (χ3n) is 28.4. The number of methoxy groups -OCH3 is 2. The molecule has 6 heteroatoms. The maximum atomic E-state index is 9.94. The molecule has 2 saturated carbocycles. The second-order valence-electron chi connectivity index (χ2n) is 35.5. The predicted molar refractivity (Wildman–Crippen MR) is 555 cm³/mol. The minimum atomic E-state index is -1.50. The zero-order chi connectivity index (χ0) is 88.4. The zero-order valence-corrected chi connectivity index (χ0v) is 75.3. The van der Waals surface area contributed by atoms with Crippen LogP contribution in [0.3, 0.4) is 0 Å². The highest BCUT2D eigenvalue weighted by atomic mass is 31.1. The van der Waals surface area contributed by atoms with Crippen molar-refractivity contribution in [1.29, 1.82) is 0 Å². The normalized spacial score (nSPS) is 14.1. The van der Waals surface area contributed by atoms with Gasteiger partial charge >= 0.3 is 7.12 Å². The zero-order valence-electron chi connectivity index (χ0n) is 74.5. The average molecular weight is 1710 g/mol. The predicted octanol–water partition coefficient (Wildman–Crippen LogP) is 30.8. The van der Waals surface area contributed by atoms with E-state index in [9.17, 15) is 10.0 Å². The highest BCUT2D eigenvalue weighted by molar-refractivity contribution is 7.67. The summed E-state index contributed by atoms with van der Waals surface area (Å²) in [5, 5.41) is 35.5. The van der Waals surface area contributed by atoms with Crippen LogP contribution < -0.4 is 20.2 Å². The molecular formula is C125H104BO4P. The molecular weight excluding hydrogens is 1610 g/mol. The van der Waals surface area contributed by atoms with Crippen molar-refractivity contribution in [2.45, 2.75) is 93.3 Å². The van der Waals surface area contributed by atoms with Crippen molar-refractivity contribution in [3.63, 3.8) is 0 Å². The molecule has 0 atom stereocenters. The quantitative estimate of drug-likeness (QED) is 0.0647. The van der Waals surface area contributed by atoms with Gasteiger partial charge in [-0.05, 0) is 249 Å². The molecule has 0 aromatic heterocycles. The molecule has 0 unspecified atom stereocenters. The molecule has 0 spiro atoms. The maximum absolute atomic E-state index is 9.94. The summed E-state index contributed by atoms with van der Waals surface area (Å²) in [4.78, 5) is 0. The summed E-state index contributed by atoms with van der Waals surface area (Å²) in [6, 6.07) is 155. The second kappa shape index (κ2) is 36.8. The lowest BCUT2D eigenvalue weighted by atomic mass is 9.66. The first-order valence-electron chi connectivity index (χ1n) is 46.7. The lowest BCUT2D eigenvalue weighted by Crippen LogP contribution is -2.31. The monoisotopic (exact) mass is 1710 g/mol. The van der Waals surface area contributed by atoms with Gasteiger partial charge in [-0.3, -0.25) is 0 Å². The van der Waals surface area contributed by atoms with Crippen LogP contribution in [0.5, 0.6) is 11.5 Å². The van der Waals surface area contributed by atoms with Crippen molar-refractivity contribution in [1.82, 2.24) is 0 Å². The SMILES string of the molecule is COc1cccc(OC)c1-c1ccccc1P(C1CCCCC1)C1CCCCC1.Cc1cc2ccccc2c2c1-c1ccccc1C2(c1ccccc1)c1ccccc1.OB(O)c1c2ccccc2c(-c2ccccc2)c2ccccc12.c1ccc(-c2c3ccccc3c(-c3cc4ccccc4c4c3-c3ccccc3C4(c3ccccc3)c3ccccc3)c3ccccc23)cc1. The largest absolute Gasteiger partial charge is 0.496 e. The van der Waals surface area contributed by atoms with Crippen molar-refractivity contribution in [2.75, 3.05) is 14.2 Å². The smallest absolute Gasteiger partial charge is 0.489 e. The molecule has 0 aliphatic heterocycles. The second-order valence-corrected chi connectivity index (χ2v) is 38.2. The van der Waals surface area contributed by atoms with Crippen LogP contribution in [0.15, 0.2) is 431 Å². The summed E-state index contributed by atoms with van der Waals surface area (Å²) in [5.41, 5.74) is 28.7. The summed E-state index contributed by atoms with van der Waals surface area (Å²) in [7, 11) is 1.85. The highest BCUT2D eigenvalue weighted by Gasteiger charge is 2.50. The lowest BCUT2D eigenvalue weighted by molar-refractivity contribution is 0.397. The van der Waals surface area contributed by atoms with Gasteiger partial charge in [0.15, 0.2) is 0 Å². The van der Waals surface area contributed by atoms with Crippen LogP contribution in [-0.2, 0) is 10.8 Å². The molecule has 0 heterocycles. The van der Waals surface area contributed by atoms with Gasteiger partial charge in [0.25, 0.3) is 0 Å². The molecule has 2 fully saturated rings. The molecule has 2 N–H and O–H groups in total. The first-order chi connectivity index (χ1) is 64.8. The third kappa shape index (κ3) is 14.8. The Hall–Kier alpha value is -14.0. The topological polar surface area (TPSA) is 58.9 Å². The van der Waals surface area contributed by atoms with E-state index in [0.717, 1.165) is 61.1 Å². The van der Waals surface area contributed by atoms with Crippen LogP contribution in [0, 0.1) is 6.92 Å². The Bertz CT molecular complexity index is 7320. The molecule has 0 saturated heterocycles. The molecule has 131 heavy (non-hydrogen) atoms. The van der Waals surface area contributed by atoms with Crippen molar-refractivity contribution in [3.05, 3.63) is 481 Å². The number of hydrogen-bond donors (Lipinski definition) is 2. The molecule has 20 aromatic carbocycles. The Morgan fingerprint density at radius 1 is 0.267 bits per heavy atom. The maximum Gasteiger partial charge on any atom is 0.489 e.